The van der Waals surface area contributed by atoms with Gasteiger partial charge >= 0.3 is 5.97 Å². The van der Waals surface area contributed by atoms with Gasteiger partial charge in [0.1, 0.15) is 5.75 Å². The quantitative estimate of drug-likeness (QED) is 0.290. The van der Waals surface area contributed by atoms with Crippen molar-refractivity contribution >= 4 is 27.2 Å². The van der Waals surface area contributed by atoms with E-state index >= 15 is 0 Å². The van der Waals surface area contributed by atoms with Crippen LogP contribution in [0.15, 0.2) is 30.3 Å². The van der Waals surface area contributed by atoms with E-state index in [2.05, 4.69) is 5.32 Å². The molecule has 150 valence electrons. The first-order valence-corrected chi connectivity index (χ1v) is 9.39. The standard InChI is InChI=1S/C10H16N2O6S.C7H8O/c1-6(13)18-10(19(16)17)7-4-2-3-5-11-8(7)9(14)12-15;1-8-7-5-3-2-4-6-7/h7-8,11,15H,2-5H2,1H3,(H,12,14);2-6H,1H3. The van der Waals surface area contributed by atoms with Crippen molar-refractivity contribution in [2.75, 3.05) is 13.7 Å². The second-order valence-corrected chi connectivity index (χ2v) is 6.55. The molecule has 3 N–H and O–H groups in total. The third kappa shape index (κ3) is 7.77. The zero-order chi connectivity index (χ0) is 20.2. The molecule has 2 rings (SSSR count). The summed E-state index contributed by atoms with van der Waals surface area (Å²) in [6.45, 7) is 1.59. The lowest BCUT2D eigenvalue weighted by molar-refractivity contribution is -0.135. The molecule has 1 aliphatic heterocycles. The van der Waals surface area contributed by atoms with Gasteiger partial charge in [-0.2, -0.15) is 8.42 Å². The van der Waals surface area contributed by atoms with Gasteiger partial charge in [0.15, 0.2) is 0 Å². The van der Waals surface area contributed by atoms with Crippen molar-refractivity contribution in [1.29, 1.82) is 0 Å². The normalized spacial score (nSPS) is 18.8. The highest BCUT2D eigenvalue weighted by Gasteiger charge is 2.35. The number of amides is 1. The van der Waals surface area contributed by atoms with E-state index in [9.17, 15) is 18.0 Å². The van der Waals surface area contributed by atoms with Crippen LogP contribution >= 0.6 is 0 Å². The molecule has 1 fully saturated rings. The first-order chi connectivity index (χ1) is 12.9. The molecule has 1 aromatic rings. The highest BCUT2D eigenvalue weighted by Crippen LogP contribution is 2.19. The van der Waals surface area contributed by atoms with Crippen LogP contribution in [0, 0.1) is 5.92 Å². The van der Waals surface area contributed by atoms with E-state index in [0.717, 1.165) is 19.1 Å². The zero-order valence-corrected chi connectivity index (χ0v) is 16.0. The summed E-state index contributed by atoms with van der Waals surface area (Å²) in [4.78, 5) is 22.5. The zero-order valence-electron chi connectivity index (χ0n) is 15.2. The smallest absolute Gasteiger partial charge is 0.308 e. The summed E-state index contributed by atoms with van der Waals surface area (Å²) in [6.07, 6.45) is 1.79. The molecule has 0 bridgehead atoms. The molecular formula is C17H24N2O7S. The van der Waals surface area contributed by atoms with Crippen LogP contribution in [0.25, 0.3) is 0 Å². The number of rotatable bonds is 3. The number of hydrogen-bond acceptors (Lipinski definition) is 8. The number of nitrogens with one attached hydrogen (secondary N) is 2. The first-order valence-electron chi connectivity index (χ1n) is 8.31. The second-order valence-electron chi connectivity index (χ2n) is 5.67. The van der Waals surface area contributed by atoms with Gasteiger partial charge < -0.3 is 14.8 Å². The average Bonchev–Trinajstić information content (AvgIpc) is 2.92. The molecule has 27 heavy (non-hydrogen) atoms. The van der Waals surface area contributed by atoms with Crippen molar-refractivity contribution in [2.45, 2.75) is 32.2 Å². The SMILES string of the molecule is CC(=O)OC(C1CCCCNC1C(=O)NO)=S(=O)=O.COc1ccccc1. The van der Waals surface area contributed by atoms with Crippen molar-refractivity contribution in [3.8, 4) is 5.75 Å². The van der Waals surface area contributed by atoms with Gasteiger partial charge in [0.2, 0.25) is 5.05 Å². The molecule has 9 nitrogen and oxygen atoms in total. The molecule has 1 amide bonds. The van der Waals surface area contributed by atoms with Crippen LogP contribution in [0.4, 0.5) is 0 Å². The predicted molar refractivity (Wildman–Crippen MR) is 97.7 cm³/mol. The summed E-state index contributed by atoms with van der Waals surface area (Å²) >= 11 is 0. The molecule has 0 radical (unpaired) electrons. The molecule has 0 saturated carbocycles. The van der Waals surface area contributed by atoms with E-state index < -0.39 is 39.2 Å². The van der Waals surface area contributed by atoms with Crippen LogP contribution in [0.3, 0.4) is 0 Å². The number of benzene rings is 1. The van der Waals surface area contributed by atoms with Gasteiger partial charge in [0.25, 0.3) is 16.2 Å². The van der Waals surface area contributed by atoms with E-state index in [0.29, 0.717) is 19.4 Å². The number of hydrogen-bond donors (Lipinski definition) is 3. The van der Waals surface area contributed by atoms with Gasteiger partial charge in [-0.15, -0.1) is 0 Å². The van der Waals surface area contributed by atoms with E-state index in [-0.39, 0.29) is 0 Å². The summed E-state index contributed by atoms with van der Waals surface area (Å²) in [5.74, 6) is -1.45. The third-order valence-electron chi connectivity index (χ3n) is 3.79. The van der Waals surface area contributed by atoms with E-state index in [4.69, 9.17) is 14.7 Å². The van der Waals surface area contributed by atoms with Crippen LogP contribution < -0.4 is 15.5 Å². The molecule has 10 heteroatoms. The van der Waals surface area contributed by atoms with E-state index in [1.54, 1.807) is 7.11 Å². The van der Waals surface area contributed by atoms with Crippen molar-refractivity contribution in [3.05, 3.63) is 30.3 Å². The Morgan fingerprint density at radius 3 is 2.37 bits per heavy atom. The minimum Gasteiger partial charge on any atom is -0.497 e. The number of esters is 1. The molecule has 1 aromatic carbocycles. The number of hydroxylamine groups is 1. The van der Waals surface area contributed by atoms with Crippen LogP contribution in [0.2, 0.25) is 0 Å². The number of ether oxygens (including phenoxy) is 2. The molecule has 1 saturated heterocycles. The fourth-order valence-corrected chi connectivity index (χ4v) is 3.27. The Kier molecular flexibility index (Phi) is 10.1. The van der Waals surface area contributed by atoms with E-state index in [1.807, 2.05) is 30.3 Å². The van der Waals surface area contributed by atoms with Crippen LogP contribution in [0.5, 0.6) is 5.75 Å². The van der Waals surface area contributed by atoms with Gasteiger partial charge in [0, 0.05) is 6.92 Å². The van der Waals surface area contributed by atoms with Crippen molar-refractivity contribution in [2.24, 2.45) is 5.92 Å². The van der Waals surface area contributed by atoms with Crippen molar-refractivity contribution in [3.63, 3.8) is 0 Å². The Hall–Kier alpha value is -2.43. The minimum atomic E-state index is -2.75. The Bertz CT molecular complexity index is 742. The Balaban J connectivity index is 0.000000377. The molecule has 1 aliphatic rings. The average molecular weight is 400 g/mol. The minimum absolute atomic E-state index is 0.363. The summed E-state index contributed by atoms with van der Waals surface area (Å²) in [5.41, 5.74) is 1.48. The number of methoxy groups -OCH3 is 1. The Morgan fingerprint density at radius 1 is 1.22 bits per heavy atom. The predicted octanol–water partition coefficient (Wildman–Crippen LogP) is 0.517. The number of carbonyl (C=O) groups excluding carboxylic acids is 2. The summed E-state index contributed by atoms with van der Waals surface area (Å²) in [5, 5.41) is 11.0. The molecular weight excluding hydrogens is 376 g/mol. The topological polar surface area (TPSA) is 131 Å². The Labute approximate surface area is 159 Å². The Morgan fingerprint density at radius 2 is 1.89 bits per heavy atom. The summed E-state index contributed by atoms with van der Waals surface area (Å²) < 4.78 is 31.9. The van der Waals surface area contributed by atoms with Gasteiger partial charge in [-0.1, -0.05) is 24.6 Å². The lowest BCUT2D eigenvalue weighted by atomic mass is 9.95. The molecule has 0 spiro atoms. The molecule has 2 atom stereocenters. The molecule has 2 unspecified atom stereocenters. The maximum atomic E-state index is 11.6. The van der Waals surface area contributed by atoms with Crippen molar-refractivity contribution in [1.82, 2.24) is 10.8 Å². The maximum Gasteiger partial charge on any atom is 0.308 e. The van der Waals surface area contributed by atoms with Crippen molar-refractivity contribution < 1.29 is 32.7 Å². The third-order valence-corrected chi connectivity index (χ3v) is 4.51. The molecule has 1 heterocycles. The monoisotopic (exact) mass is 400 g/mol. The van der Waals surface area contributed by atoms with Gasteiger partial charge in [-0.25, -0.2) is 5.48 Å². The maximum absolute atomic E-state index is 11.6. The summed E-state index contributed by atoms with van der Waals surface area (Å²) in [6, 6.07) is 8.72. The fraction of sp³-hybridized carbons (Fsp3) is 0.471. The molecule has 0 aliphatic carbocycles. The van der Waals surface area contributed by atoms with Gasteiger partial charge in [-0.3, -0.25) is 14.8 Å². The highest BCUT2D eigenvalue weighted by atomic mass is 32.2. The fourth-order valence-electron chi connectivity index (χ4n) is 2.59. The van der Waals surface area contributed by atoms with Crippen LogP contribution in [-0.2, 0) is 24.6 Å². The first kappa shape index (κ1) is 22.6. The largest absolute Gasteiger partial charge is 0.497 e. The lowest BCUT2D eigenvalue weighted by Crippen LogP contribution is -2.50. The van der Waals surface area contributed by atoms with Gasteiger partial charge in [-0.05, 0) is 31.5 Å². The summed E-state index contributed by atoms with van der Waals surface area (Å²) in [7, 11) is -1.08. The highest BCUT2D eigenvalue weighted by molar-refractivity contribution is 7.72. The van der Waals surface area contributed by atoms with Crippen LogP contribution in [-0.4, -0.2) is 50.2 Å². The second kappa shape index (κ2) is 12.0. The van der Waals surface area contributed by atoms with Gasteiger partial charge in [0.05, 0.1) is 19.1 Å². The lowest BCUT2D eigenvalue weighted by Gasteiger charge is -2.23. The van der Waals surface area contributed by atoms with Crippen LogP contribution in [0.1, 0.15) is 26.2 Å². The van der Waals surface area contributed by atoms with E-state index in [1.165, 1.54) is 5.48 Å². The molecule has 0 aromatic heterocycles. The number of carbonyl (C=O) groups is 2. The number of para-hydroxylation sites is 1.